The number of rotatable bonds is 7. The molecule has 0 bridgehead atoms. The lowest BCUT2D eigenvalue weighted by atomic mass is 10.2. The summed E-state index contributed by atoms with van der Waals surface area (Å²) in [6, 6.07) is 18.2. The van der Waals surface area contributed by atoms with Crippen molar-refractivity contribution in [2.45, 2.75) is 6.54 Å². The van der Waals surface area contributed by atoms with Crippen LogP contribution in [-0.2, 0) is 11.3 Å². The lowest BCUT2D eigenvalue weighted by Gasteiger charge is -2.12. The Kier molecular flexibility index (Phi) is 6.62. The van der Waals surface area contributed by atoms with Gasteiger partial charge in [0.15, 0.2) is 6.61 Å². The summed E-state index contributed by atoms with van der Waals surface area (Å²) >= 11 is 0. The molecule has 0 aliphatic carbocycles. The second-order valence-corrected chi connectivity index (χ2v) is 5.92. The Bertz CT molecular complexity index is 971. The van der Waals surface area contributed by atoms with Crippen molar-refractivity contribution in [3.63, 3.8) is 0 Å². The molecule has 1 aromatic heterocycles. The number of urea groups is 1. The minimum absolute atomic E-state index is 0.148. The predicted octanol–water partition coefficient (Wildman–Crippen LogP) is 2.94. The van der Waals surface area contributed by atoms with Crippen LogP contribution in [0.4, 0.5) is 10.5 Å². The fourth-order valence-corrected chi connectivity index (χ4v) is 2.43. The van der Waals surface area contributed by atoms with E-state index in [4.69, 9.17) is 9.15 Å². The van der Waals surface area contributed by atoms with Gasteiger partial charge < -0.3 is 19.8 Å². The summed E-state index contributed by atoms with van der Waals surface area (Å²) in [4.78, 5) is 36.2. The van der Waals surface area contributed by atoms with Gasteiger partial charge in [-0.1, -0.05) is 30.3 Å². The van der Waals surface area contributed by atoms with Crippen LogP contribution in [-0.4, -0.2) is 24.5 Å². The summed E-state index contributed by atoms with van der Waals surface area (Å²) in [6.45, 7) is -0.279. The third kappa shape index (κ3) is 5.96. The molecule has 2 aromatic carbocycles. The van der Waals surface area contributed by atoms with Crippen molar-refractivity contribution < 1.29 is 23.5 Å². The van der Waals surface area contributed by atoms with Gasteiger partial charge in [-0.3, -0.25) is 14.9 Å². The maximum Gasteiger partial charge on any atom is 0.321 e. The number of carbonyl (C=O) groups is 3. The van der Waals surface area contributed by atoms with Crippen LogP contribution in [0.25, 0.3) is 0 Å². The number of carbonyl (C=O) groups excluding carboxylic acids is 3. The summed E-state index contributed by atoms with van der Waals surface area (Å²) in [6.07, 6.45) is 1.49. The highest BCUT2D eigenvalue weighted by molar-refractivity contribution is 6.06. The zero-order valence-electron chi connectivity index (χ0n) is 15.4. The molecule has 0 fully saturated rings. The molecule has 8 nitrogen and oxygen atoms in total. The Morgan fingerprint density at radius 2 is 1.66 bits per heavy atom. The van der Waals surface area contributed by atoms with E-state index in [1.807, 2.05) is 6.07 Å². The monoisotopic (exact) mass is 393 g/mol. The Labute approximate surface area is 166 Å². The first kappa shape index (κ1) is 19.7. The number of amides is 4. The van der Waals surface area contributed by atoms with Crippen LogP contribution in [0, 0.1) is 0 Å². The summed E-state index contributed by atoms with van der Waals surface area (Å²) in [5.74, 6) is -0.238. The van der Waals surface area contributed by atoms with Crippen molar-refractivity contribution in [1.29, 1.82) is 0 Å². The first-order valence-electron chi connectivity index (χ1n) is 8.80. The largest absolute Gasteiger partial charge is 0.483 e. The van der Waals surface area contributed by atoms with Gasteiger partial charge in [-0.15, -0.1) is 0 Å². The predicted molar refractivity (Wildman–Crippen MR) is 105 cm³/mol. The van der Waals surface area contributed by atoms with Crippen molar-refractivity contribution >= 4 is 23.5 Å². The highest BCUT2D eigenvalue weighted by Gasteiger charge is 2.14. The first-order chi connectivity index (χ1) is 14.1. The molecule has 0 radical (unpaired) electrons. The van der Waals surface area contributed by atoms with Crippen LogP contribution in [0.3, 0.4) is 0 Å². The number of benzene rings is 2. The summed E-state index contributed by atoms with van der Waals surface area (Å²) in [5.41, 5.74) is 0.907. The molecule has 3 N–H and O–H groups in total. The zero-order chi connectivity index (χ0) is 20.5. The topological polar surface area (TPSA) is 110 Å². The molecule has 3 aromatic rings. The van der Waals surface area contributed by atoms with Gasteiger partial charge in [0, 0.05) is 5.69 Å². The molecule has 148 valence electrons. The number of hydrogen-bond donors (Lipinski definition) is 3. The van der Waals surface area contributed by atoms with Gasteiger partial charge >= 0.3 is 6.03 Å². The van der Waals surface area contributed by atoms with Crippen LogP contribution in [0.5, 0.6) is 5.75 Å². The molecule has 0 spiro atoms. The van der Waals surface area contributed by atoms with E-state index in [0.717, 1.165) is 0 Å². The molecule has 0 unspecified atom stereocenters. The maximum absolute atomic E-state index is 12.5. The van der Waals surface area contributed by atoms with Gasteiger partial charge in [-0.25, -0.2) is 4.79 Å². The van der Waals surface area contributed by atoms with E-state index in [9.17, 15) is 14.4 Å². The fraction of sp³-hybridized carbons (Fsp3) is 0.0952. The van der Waals surface area contributed by atoms with Crippen LogP contribution in [0.1, 0.15) is 16.1 Å². The van der Waals surface area contributed by atoms with E-state index in [2.05, 4.69) is 16.0 Å². The van der Waals surface area contributed by atoms with Crippen molar-refractivity contribution in [1.82, 2.24) is 10.6 Å². The van der Waals surface area contributed by atoms with Gasteiger partial charge in [-0.05, 0) is 36.4 Å². The minimum atomic E-state index is -0.676. The van der Waals surface area contributed by atoms with Gasteiger partial charge in [0.05, 0.1) is 18.4 Å². The average Bonchev–Trinajstić information content (AvgIpc) is 3.25. The van der Waals surface area contributed by atoms with Crippen LogP contribution in [0.2, 0.25) is 0 Å². The molecular formula is C21H19N3O5. The number of para-hydroxylation sites is 2. The summed E-state index contributed by atoms with van der Waals surface area (Å²) in [7, 11) is 0. The molecule has 0 atom stereocenters. The Morgan fingerprint density at radius 3 is 2.41 bits per heavy atom. The molecule has 0 aliphatic rings. The van der Waals surface area contributed by atoms with Crippen molar-refractivity contribution in [3.8, 4) is 5.75 Å². The molecule has 0 saturated carbocycles. The highest BCUT2D eigenvalue weighted by atomic mass is 16.5. The van der Waals surface area contributed by atoms with Gasteiger partial charge in [0.1, 0.15) is 11.5 Å². The summed E-state index contributed by atoms with van der Waals surface area (Å²) in [5, 5.41) is 7.39. The normalized spacial score (nSPS) is 10.1. The van der Waals surface area contributed by atoms with E-state index < -0.39 is 18.5 Å². The highest BCUT2D eigenvalue weighted by Crippen LogP contribution is 2.19. The first-order valence-corrected chi connectivity index (χ1v) is 8.80. The number of hydrogen-bond acceptors (Lipinski definition) is 5. The number of furan rings is 1. The van der Waals surface area contributed by atoms with E-state index in [1.165, 1.54) is 6.26 Å². The van der Waals surface area contributed by atoms with Crippen molar-refractivity contribution in [3.05, 3.63) is 84.3 Å². The summed E-state index contributed by atoms with van der Waals surface area (Å²) < 4.78 is 10.5. The maximum atomic E-state index is 12.5. The third-order valence-corrected chi connectivity index (χ3v) is 3.78. The molecule has 8 heteroatoms. The SMILES string of the molecule is O=C(COc1ccccc1C(=O)Nc1ccccc1)NC(=O)NCc1ccco1. The van der Waals surface area contributed by atoms with Crippen LogP contribution in [0.15, 0.2) is 77.4 Å². The standard InChI is InChI=1S/C21H19N3O5/c25-19(24-21(27)22-13-16-9-6-12-28-16)14-29-18-11-5-4-10-17(18)20(26)23-15-7-2-1-3-8-15/h1-12H,13-14H2,(H,23,26)(H2,22,24,25,27). The number of imide groups is 1. The van der Waals surface area contributed by atoms with E-state index >= 15 is 0 Å². The Hall–Kier alpha value is -4.07. The van der Waals surface area contributed by atoms with Gasteiger partial charge in [0.25, 0.3) is 11.8 Å². The third-order valence-electron chi connectivity index (χ3n) is 3.78. The lowest BCUT2D eigenvalue weighted by molar-refractivity contribution is -0.122. The molecule has 3 rings (SSSR count). The van der Waals surface area contributed by atoms with E-state index in [1.54, 1.807) is 60.7 Å². The Morgan fingerprint density at radius 1 is 0.897 bits per heavy atom. The van der Waals surface area contributed by atoms with E-state index in [0.29, 0.717) is 11.4 Å². The quantitative estimate of drug-likeness (QED) is 0.572. The number of nitrogens with one attached hydrogen (secondary N) is 3. The Balaban J connectivity index is 1.51. The van der Waals surface area contributed by atoms with Crippen LogP contribution < -0.4 is 20.7 Å². The molecule has 0 saturated heterocycles. The minimum Gasteiger partial charge on any atom is -0.483 e. The number of ether oxygens (including phenoxy) is 1. The molecular weight excluding hydrogens is 374 g/mol. The van der Waals surface area contributed by atoms with Gasteiger partial charge in [0.2, 0.25) is 0 Å². The second-order valence-electron chi connectivity index (χ2n) is 5.92. The van der Waals surface area contributed by atoms with Crippen molar-refractivity contribution in [2.24, 2.45) is 0 Å². The molecule has 29 heavy (non-hydrogen) atoms. The van der Waals surface area contributed by atoms with Crippen molar-refractivity contribution in [2.75, 3.05) is 11.9 Å². The molecule has 4 amide bonds. The van der Waals surface area contributed by atoms with Gasteiger partial charge in [-0.2, -0.15) is 0 Å². The zero-order valence-corrected chi connectivity index (χ0v) is 15.4. The second kappa shape index (κ2) is 9.75. The fourth-order valence-electron chi connectivity index (χ4n) is 2.43. The smallest absolute Gasteiger partial charge is 0.321 e. The van der Waals surface area contributed by atoms with Crippen LogP contribution >= 0.6 is 0 Å². The molecule has 1 heterocycles. The lowest BCUT2D eigenvalue weighted by Crippen LogP contribution is -2.41. The van der Waals surface area contributed by atoms with E-state index in [-0.39, 0.29) is 23.8 Å². The molecule has 0 aliphatic heterocycles. The average molecular weight is 393 g/mol. The number of anilines is 1.